The van der Waals surface area contributed by atoms with Crippen molar-refractivity contribution >= 4 is 23.2 Å². The van der Waals surface area contributed by atoms with Gasteiger partial charge in [0.25, 0.3) is 5.56 Å². The number of aryl methyl sites for hydroxylation is 1. The normalized spacial score (nSPS) is 19.7. The molecule has 1 aliphatic carbocycles. The maximum atomic E-state index is 12.3. The fraction of sp³-hybridized carbons (Fsp3) is 0.312. The van der Waals surface area contributed by atoms with Crippen LogP contribution in [0.15, 0.2) is 41.6 Å². The third kappa shape index (κ3) is 2.90. The monoisotopic (exact) mass is 317 g/mol. The second-order valence-electron chi connectivity index (χ2n) is 5.39. The van der Waals surface area contributed by atoms with Gasteiger partial charge in [0.05, 0.1) is 12.5 Å². The van der Waals surface area contributed by atoms with Gasteiger partial charge in [-0.15, -0.1) is 0 Å². The van der Waals surface area contributed by atoms with Gasteiger partial charge in [0.1, 0.15) is 5.69 Å². The highest BCUT2D eigenvalue weighted by atomic mass is 35.5. The lowest BCUT2D eigenvalue weighted by atomic mass is 10.1. The van der Waals surface area contributed by atoms with Crippen LogP contribution in [0.3, 0.4) is 0 Å². The van der Waals surface area contributed by atoms with Crippen LogP contribution in [0.5, 0.6) is 0 Å². The number of carbonyl (C=O) groups excluding carboxylic acids is 1. The van der Waals surface area contributed by atoms with Crippen molar-refractivity contribution in [1.82, 2.24) is 9.55 Å². The minimum absolute atomic E-state index is 0.101. The first-order valence-electron chi connectivity index (χ1n) is 7.21. The Morgan fingerprint density at radius 3 is 2.82 bits per heavy atom. The van der Waals surface area contributed by atoms with Gasteiger partial charge in [0.15, 0.2) is 0 Å². The van der Waals surface area contributed by atoms with E-state index in [-0.39, 0.29) is 29.0 Å². The molecule has 0 aliphatic heterocycles. The van der Waals surface area contributed by atoms with Crippen molar-refractivity contribution < 1.29 is 4.79 Å². The molecule has 1 heterocycles. The van der Waals surface area contributed by atoms with Crippen LogP contribution in [0.4, 0.5) is 5.69 Å². The van der Waals surface area contributed by atoms with Gasteiger partial charge in [-0.05, 0) is 37.0 Å². The maximum Gasteiger partial charge on any atom is 0.277 e. The molecule has 5 nitrogen and oxygen atoms in total. The molecular formula is C16H16ClN3O2. The number of hydrogen-bond acceptors (Lipinski definition) is 3. The van der Waals surface area contributed by atoms with Crippen molar-refractivity contribution in [2.45, 2.75) is 25.8 Å². The lowest BCUT2D eigenvalue weighted by Gasteiger charge is -2.06. The van der Waals surface area contributed by atoms with Gasteiger partial charge in [-0.1, -0.05) is 23.7 Å². The smallest absolute Gasteiger partial charge is 0.277 e. The SMILES string of the molecule is CCn1cncc(NC(=O)[C@@H]2C[C@H]2c2ccc(Cl)cc2)c1=O. The van der Waals surface area contributed by atoms with Crippen molar-refractivity contribution in [3.8, 4) is 0 Å². The summed E-state index contributed by atoms with van der Waals surface area (Å²) in [7, 11) is 0. The van der Waals surface area contributed by atoms with Crippen LogP contribution in [0.25, 0.3) is 0 Å². The number of carbonyl (C=O) groups is 1. The summed E-state index contributed by atoms with van der Waals surface area (Å²) in [6.07, 6.45) is 3.65. The van der Waals surface area contributed by atoms with E-state index in [0.717, 1.165) is 12.0 Å². The van der Waals surface area contributed by atoms with Crippen LogP contribution < -0.4 is 10.9 Å². The molecule has 1 fully saturated rings. The van der Waals surface area contributed by atoms with E-state index < -0.39 is 0 Å². The molecular weight excluding hydrogens is 302 g/mol. The predicted octanol–water partition coefficient (Wildman–Crippen LogP) is 2.66. The molecule has 1 aromatic carbocycles. The first kappa shape index (κ1) is 14.8. The largest absolute Gasteiger partial charge is 0.320 e. The van der Waals surface area contributed by atoms with Crippen molar-refractivity contribution in [3.63, 3.8) is 0 Å². The summed E-state index contributed by atoms with van der Waals surface area (Å²) in [6.45, 7) is 2.37. The highest BCUT2D eigenvalue weighted by molar-refractivity contribution is 6.30. The van der Waals surface area contributed by atoms with E-state index in [2.05, 4.69) is 10.3 Å². The maximum absolute atomic E-state index is 12.3. The molecule has 0 saturated heterocycles. The van der Waals surface area contributed by atoms with Crippen LogP contribution in [0.2, 0.25) is 5.02 Å². The number of hydrogen-bond donors (Lipinski definition) is 1. The molecule has 2 aromatic rings. The number of nitrogens with one attached hydrogen (secondary N) is 1. The third-order valence-corrected chi connectivity index (χ3v) is 4.18. The number of nitrogens with zero attached hydrogens (tertiary/aromatic N) is 2. The van der Waals surface area contributed by atoms with Crippen LogP contribution >= 0.6 is 11.6 Å². The Morgan fingerprint density at radius 2 is 2.14 bits per heavy atom. The van der Waals surface area contributed by atoms with Crippen LogP contribution in [-0.4, -0.2) is 15.5 Å². The average molecular weight is 318 g/mol. The van der Waals surface area contributed by atoms with Gasteiger partial charge in [0, 0.05) is 17.5 Å². The summed E-state index contributed by atoms with van der Waals surface area (Å²) in [6, 6.07) is 7.53. The Bertz CT molecular complexity index is 755. The van der Waals surface area contributed by atoms with E-state index in [1.807, 2.05) is 31.2 Å². The number of halogens is 1. The topological polar surface area (TPSA) is 64.0 Å². The van der Waals surface area contributed by atoms with E-state index in [9.17, 15) is 9.59 Å². The molecule has 114 valence electrons. The van der Waals surface area contributed by atoms with Crippen LogP contribution in [0.1, 0.15) is 24.8 Å². The highest BCUT2D eigenvalue weighted by Crippen LogP contribution is 2.48. The lowest BCUT2D eigenvalue weighted by molar-refractivity contribution is -0.117. The summed E-state index contributed by atoms with van der Waals surface area (Å²) in [5, 5.41) is 3.38. The van der Waals surface area contributed by atoms with E-state index in [4.69, 9.17) is 11.6 Å². The zero-order valence-electron chi connectivity index (χ0n) is 12.1. The Labute approximate surface area is 132 Å². The number of amides is 1. The van der Waals surface area contributed by atoms with Crippen molar-refractivity contribution in [3.05, 3.63) is 57.7 Å². The molecule has 0 spiro atoms. The second-order valence-corrected chi connectivity index (χ2v) is 5.82. The average Bonchev–Trinajstić information content (AvgIpc) is 3.31. The Hall–Kier alpha value is -2.14. The second kappa shape index (κ2) is 5.93. The van der Waals surface area contributed by atoms with Gasteiger partial charge in [-0.2, -0.15) is 0 Å². The molecule has 1 aromatic heterocycles. The van der Waals surface area contributed by atoms with Gasteiger partial charge < -0.3 is 5.32 Å². The van der Waals surface area contributed by atoms with E-state index >= 15 is 0 Å². The molecule has 0 unspecified atom stereocenters. The minimum atomic E-state index is -0.227. The van der Waals surface area contributed by atoms with Gasteiger partial charge >= 0.3 is 0 Å². The summed E-state index contributed by atoms with van der Waals surface area (Å²) < 4.78 is 1.46. The molecule has 0 radical (unpaired) electrons. The molecule has 0 bridgehead atoms. The Kier molecular flexibility index (Phi) is 3.98. The molecule has 3 rings (SSSR count). The van der Waals surface area contributed by atoms with E-state index in [1.165, 1.54) is 17.1 Å². The number of rotatable bonds is 4. The summed E-state index contributed by atoms with van der Waals surface area (Å²) >= 11 is 5.87. The van der Waals surface area contributed by atoms with Gasteiger partial charge in [0.2, 0.25) is 5.91 Å². The quantitative estimate of drug-likeness (QED) is 0.943. The fourth-order valence-corrected chi connectivity index (χ4v) is 2.68. The van der Waals surface area contributed by atoms with Crippen molar-refractivity contribution in [1.29, 1.82) is 0 Å². The molecule has 1 N–H and O–H groups in total. The minimum Gasteiger partial charge on any atom is -0.320 e. The first-order chi connectivity index (χ1) is 10.6. The predicted molar refractivity (Wildman–Crippen MR) is 85.1 cm³/mol. The molecule has 6 heteroatoms. The Morgan fingerprint density at radius 1 is 1.41 bits per heavy atom. The van der Waals surface area contributed by atoms with Crippen LogP contribution in [0, 0.1) is 5.92 Å². The van der Waals surface area contributed by atoms with Crippen LogP contribution in [-0.2, 0) is 11.3 Å². The molecule has 22 heavy (non-hydrogen) atoms. The molecule has 2 atom stereocenters. The number of benzene rings is 1. The lowest BCUT2D eigenvalue weighted by Crippen LogP contribution is -2.26. The summed E-state index contributed by atoms with van der Waals surface area (Å²) in [5.41, 5.74) is 1.10. The van der Waals surface area contributed by atoms with Crippen molar-refractivity contribution in [2.24, 2.45) is 5.92 Å². The van der Waals surface area contributed by atoms with Gasteiger partial charge in [-0.25, -0.2) is 4.98 Å². The fourth-order valence-electron chi connectivity index (χ4n) is 2.55. The molecule has 1 amide bonds. The molecule has 1 saturated carbocycles. The first-order valence-corrected chi connectivity index (χ1v) is 7.58. The zero-order chi connectivity index (χ0) is 15.7. The molecule has 1 aliphatic rings. The summed E-state index contributed by atoms with van der Waals surface area (Å²) in [5.74, 6) is -0.0362. The third-order valence-electron chi connectivity index (χ3n) is 3.92. The Balaban J connectivity index is 1.69. The van der Waals surface area contributed by atoms with Gasteiger partial charge in [-0.3, -0.25) is 14.2 Å². The van der Waals surface area contributed by atoms with E-state index in [0.29, 0.717) is 11.6 Å². The van der Waals surface area contributed by atoms with Crippen molar-refractivity contribution in [2.75, 3.05) is 5.32 Å². The highest BCUT2D eigenvalue weighted by Gasteiger charge is 2.44. The zero-order valence-corrected chi connectivity index (χ0v) is 12.9. The number of aromatic nitrogens is 2. The van der Waals surface area contributed by atoms with E-state index in [1.54, 1.807) is 0 Å². The standard InChI is InChI=1S/C16H16ClN3O2/c1-2-20-9-18-8-14(16(20)22)19-15(21)13-7-12(13)10-3-5-11(17)6-4-10/h3-6,8-9,12-13H,2,7H2,1H3,(H,19,21)/t12-,13+/m0/s1. The number of anilines is 1. The summed E-state index contributed by atoms with van der Waals surface area (Å²) in [4.78, 5) is 28.3.